The van der Waals surface area contributed by atoms with E-state index in [0.717, 1.165) is 12.1 Å². The van der Waals surface area contributed by atoms with Crippen LogP contribution in [0.3, 0.4) is 0 Å². The number of rotatable bonds is 4. The van der Waals surface area contributed by atoms with Crippen molar-refractivity contribution in [3.8, 4) is 0 Å². The highest BCUT2D eigenvalue weighted by atomic mass is 19.4. The summed E-state index contributed by atoms with van der Waals surface area (Å²) in [6.45, 7) is 1.93. The highest BCUT2D eigenvalue weighted by Crippen LogP contribution is 2.28. The minimum Gasteiger partial charge on any atom is -0.351 e. The Morgan fingerprint density at radius 3 is 2.24 bits per heavy atom. The van der Waals surface area contributed by atoms with E-state index in [4.69, 9.17) is 5.73 Å². The van der Waals surface area contributed by atoms with E-state index in [1.54, 1.807) is 14.0 Å². The van der Waals surface area contributed by atoms with E-state index in [2.05, 4.69) is 0 Å². The molecule has 1 aromatic rings. The molecule has 0 aliphatic heterocycles. The maximum absolute atomic E-state index is 12.4. The lowest BCUT2D eigenvalue weighted by atomic mass is 10.1. The number of nitrogens with two attached hydrogens (primary N) is 1. The minimum absolute atomic E-state index is 0.339. The fourth-order valence-electron chi connectivity index (χ4n) is 1.74. The predicted molar refractivity (Wildman–Crippen MR) is 69.2 cm³/mol. The van der Waals surface area contributed by atoms with E-state index in [0.29, 0.717) is 17.0 Å². The second-order valence-electron chi connectivity index (χ2n) is 4.79. The average Bonchev–Trinajstić information content (AvgIpc) is 2.36. The summed E-state index contributed by atoms with van der Waals surface area (Å²) in [7, 11) is 1.70. The Balaban J connectivity index is 2.68. The number of primary amides is 1. The van der Waals surface area contributed by atoms with Crippen LogP contribution in [0.1, 0.15) is 18.1 Å². The van der Waals surface area contributed by atoms with Gasteiger partial charge in [0.1, 0.15) is 6.54 Å². The smallest absolute Gasteiger partial charge is 0.351 e. The van der Waals surface area contributed by atoms with Crippen molar-refractivity contribution in [2.75, 3.05) is 7.05 Å². The van der Waals surface area contributed by atoms with E-state index in [-0.39, 0.29) is 0 Å². The molecule has 5 nitrogen and oxygen atoms in total. The summed E-state index contributed by atoms with van der Waals surface area (Å²) < 4.78 is 37.3. The third-order valence-electron chi connectivity index (χ3n) is 3.14. The zero-order valence-corrected chi connectivity index (χ0v) is 11.6. The highest BCUT2D eigenvalue weighted by molar-refractivity contribution is 5.95. The highest BCUT2D eigenvalue weighted by Gasteiger charge is 2.30. The van der Waals surface area contributed by atoms with Crippen molar-refractivity contribution in [3.63, 3.8) is 0 Å². The fraction of sp³-hybridized carbons (Fsp3) is 0.385. The number of carbonyl (C=O) groups excluding carboxylic acids is 2. The van der Waals surface area contributed by atoms with Gasteiger partial charge in [-0.3, -0.25) is 10.1 Å². The Hall–Kier alpha value is -2.09. The predicted octanol–water partition coefficient (Wildman–Crippen LogP) is 0.304. The molecule has 0 spiro atoms. The molecule has 0 aliphatic rings. The first-order valence-corrected chi connectivity index (χ1v) is 6.20. The van der Waals surface area contributed by atoms with Crippen molar-refractivity contribution in [1.82, 2.24) is 5.32 Å². The zero-order chi connectivity index (χ0) is 16.2. The first-order chi connectivity index (χ1) is 9.61. The molecular weight excluding hydrogens is 287 g/mol. The van der Waals surface area contributed by atoms with Crippen molar-refractivity contribution in [3.05, 3.63) is 35.4 Å². The van der Waals surface area contributed by atoms with Crippen LogP contribution in [-0.4, -0.2) is 25.0 Å². The lowest BCUT2D eigenvalue weighted by molar-refractivity contribution is -0.908. The van der Waals surface area contributed by atoms with Gasteiger partial charge in [0, 0.05) is 5.56 Å². The molecule has 2 atom stereocenters. The van der Waals surface area contributed by atoms with E-state index in [9.17, 15) is 22.8 Å². The van der Waals surface area contributed by atoms with Crippen LogP contribution in [0.2, 0.25) is 0 Å². The van der Waals surface area contributed by atoms with Crippen LogP contribution in [0, 0.1) is 0 Å². The molecule has 21 heavy (non-hydrogen) atoms. The van der Waals surface area contributed by atoms with Gasteiger partial charge in [-0.15, -0.1) is 0 Å². The SMILES string of the molecule is C[C@@H](C(=O)NC(N)=O)[NH+](C)Cc1ccc(C(F)(F)F)cc1. The molecule has 0 aromatic heterocycles. The molecule has 8 heteroatoms. The topological polar surface area (TPSA) is 76.6 Å². The number of benzene rings is 1. The van der Waals surface area contributed by atoms with Crippen LogP contribution in [0.25, 0.3) is 0 Å². The maximum Gasteiger partial charge on any atom is 0.416 e. The summed E-state index contributed by atoms with van der Waals surface area (Å²) in [5.41, 5.74) is 4.79. The third-order valence-corrected chi connectivity index (χ3v) is 3.14. The zero-order valence-electron chi connectivity index (χ0n) is 11.6. The van der Waals surface area contributed by atoms with Crippen LogP contribution < -0.4 is 16.0 Å². The van der Waals surface area contributed by atoms with Crippen LogP contribution in [-0.2, 0) is 17.5 Å². The van der Waals surface area contributed by atoms with Crippen LogP contribution in [0.5, 0.6) is 0 Å². The Labute approximate surface area is 119 Å². The van der Waals surface area contributed by atoms with Crippen molar-refractivity contribution >= 4 is 11.9 Å². The number of urea groups is 1. The number of hydrogen-bond acceptors (Lipinski definition) is 2. The molecule has 0 radical (unpaired) electrons. The van der Waals surface area contributed by atoms with Gasteiger partial charge in [-0.1, -0.05) is 12.1 Å². The van der Waals surface area contributed by atoms with Crippen LogP contribution in [0.4, 0.5) is 18.0 Å². The van der Waals surface area contributed by atoms with Gasteiger partial charge in [0.2, 0.25) is 0 Å². The summed E-state index contributed by atoms with van der Waals surface area (Å²) in [5, 5.41) is 1.97. The monoisotopic (exact) mass is 304 g/mol. The first kappa shape index (κ1) is 17.0. The standard InChI is InChI=1S/C13H16F3N3O2/c1-8(11(20)18-12(17)21)19(2)7-9-3-5-10(6-4-9)13(14,15)16/h3-6,8H,7H2,1-2H3,(H3,17,18,20,21)/p+1/t8-/m0/s1. The number of likely N-dealkylation sites (N-methyl/N-ethyl adjacent to an activating group) is 1. The molecule has 0 fully saturated rings. The largest absolute Gasteiger partial charge is 0.416 e. The average molecular weight is 304 g/mol. The summed E-state index contributed by atoms with van der Waals surface area (Å²) in [4.78, 5) is 22.9. The molecule has 0 aliphatic carbocycles. The summed E-state index contributed by atoms with van der Waals surface area (Å²) >= 11 is 0. The van der Waals surface area contributed by atoms with E-state index in [1.165, 1.54) is 12.1 Å². The summed E-state index contributed by atoms with van der Waals surface area (Å²) in [6.07, 6.45) is -4.37. The molecule has 0 bridgehead atoms. The van der Waals surface area contributed by atoms with Crippen molar-refractivity contribution in [2.24, 2.45) is 5.73 Å². The van der Waals surface area contributed by atoms with E-state index in [1.807, 2.05) is 5.32 Å². The van der Waals surface area contributed by atoms with Crippen LogP contribution in [0.15, 0.2) is 24.3 Å². The van der Waals surface area contributed by atoms with Gasteiger partial charge in [-0.05, 0) is 19.1 Å². The van der Waals surface area contributed by atoms with Gasteiger partial charge in [0.25, 0.3) is 5.91 Å². The van der Waals surface area contributed by atoms with E-state index < -0.39 is 29.7 Å². The van der Waals surface area contributed by atoms with Gasteiger partial charge in [0.15, 0.2) is 6.04 Å². The minimum atomic E-state index is -4.37. The van der Waals surface area contributed by atoms with Gasteiger partial charge in [-0.25, -0.2) is 4.79 Å². The molecule has 1 rings (SSSR count). The number of quaternary nitrogens is 1. The van der Waals surface area contributed by atoms with E-state index >= 15 is 0 Å². The molecule has 4 N–H and O–H groups in total. The Morgan fingerprint density at radius 2 is 1.81 bits per heavy atom. The summed E-state index contributed by atoms with van der Waals surface area (Å²) in [5.74, 6) is -0.535. The Kier molecular flexibility index (Phi) is 5.31. The molecular formula is C13H17F3N3O2+. The summed E-state index contributed by atoms with van der Waals surface area (Å²) in [6, 6.07) is 3.22. The Morgan fingerprint density at radius 1 is 1.29 bits per heavy atom. The molecule has 0 heterocycles. The molecule has 116 valence electrons. The van der Waals surface area contributed by atoms with Gasteiger partial charge in [0.05, 0.1) is 12.6 Å². The molecule has 0 saturated heterocycles. The van der Waals surface area contributed by atoms with Gasteiger partial charge in [-0.2, -0.15) is 13.2 Å². The molecule has 0 saturated carbocycles. The number of amides is 3. The lowest BCUT2D eigenvalue weighted by Crippen LogP contribution is -3.12. The number of imide groups is 1. The second-order valence-corrected chi connectivity index (χ2v) is 4.79. The number of alkyl halides is 3. The molecule has 1 aromatic carbocycles. The van der Waals surface area contributed by atoms with Crippen molar-refractivity contribution in [2.45, 2.75) is 25.7 Å². The Bertz CT molecular complexity index is 514. The first-order valence-electron chi connectivity index (χ1n) is 6.20. The molecule has 1 unspecified atom stereocenters. The quantitative estimate of drug-likeness (QED) is 0.748. The van der Waals surface area contributed by atoms with Gasteiger partial charge >= 0.3 is 12.2 Å². The number of halogens is 3. The second kappa shape index (κ2) is 6.57. The third kappa shape index (κ3) is 5.07. The van der Waals surface area contributed by atoms with Gasteiger partial charge < -0.3 is 10.6 Å². The maximum atomic E-state index is 12.4. The lowest BCUT2D eigenvalue weighted by Gasteiger charge is -2.20. The fourth-order valence-corrected chi connectivity index (χ4v) is 1.74. The van der Waals surface area contributed by atoms with Crippen LogP contribution >= 0.6 is 0 Å². The van der Waals surface area contributed by atoms with Crippen molar-refractivity contribution < 1.29 is 27.7 Å². The number of carbonyl (C=O) groups is 2. The number of hydrogen-bond donors (Lipinski definition) is 3. The molecule has 3 amide bonds. The van der Waals surface area contributed by atoms with Crippen molar-refractivity contribution in [1.29, 1.82) is 0 Å². The number of nitrogens with one attached hydrogen (secondary N) is 2. The normalized spacial score (nSPS) is 14.3.